The van der Waals surface area contributed by atoms with Gasteiger partial charge in [-0.1, -0.05) is 5.10 Å². The van der Waals surface area contributed by atoms with Gasteiger partial charge in [0.05, 0.1) is 7.05 Å². The molecule has 1 amide bonds. The van der Waals surface area contributed by atoms with Gasteiger partial charge in [-0.2, -0.15) is 4.80 Å². The highest BCUT2D eigenvalue weighted by atomic mass is 16.2. The van der Waals surface area contributed by atoms with E-state index in [4.69, 9.17) is 0 Å². The van der Waals surface area contributed by atoms with Crippen molar-refractivity contribution in [3.8, 4) is 0 Å². The number of piperidine rings is 1. The lowest BCUT2D eigenvalue weighted by Crippen LogP contribution is -2.31. The summed E-state index contributed by atoms with van der Waals surface area (Å²) >= 11 is 0. The van der Waals surface area contributed by atoms with Crippen molar-refractivity contribution in [3.05, 3.63) is 24.0 Å². The van der Waals surface area contributed by atoms with Crippen LogP contribution in [0.15, 0.2) is 18.3 Å². The molecule has 0 aliphatic carbocycles. The van der Waals surface area contributed by atoms with E-state index < -0.39 is 0 Å². The Hall–Kier alpha value is -2.22. The number of nitrogens with zero attached hydrogens (tertiary/aromatic N) is 5. The summed E-state index contributed by atoms with van der Waals surface area (Å²) in [6, 6.07) is 4.07. The van der Waals surface area contributed by atoms with Crippen LogP contribution >= 0.6 is 0 Å². The Morgan fingerprint density at radius 3 is 2.95 bits per heavy atom. The molecule has 1 fully saturated rings. The standard InChI is InChI=1S/C12H17N7O/c1-18-16-12(15-17-18)14-11(20)10-3-2-8-19(10)9-4-6-13-7-5-9/h2-3,8-9,13H,4-7H2,1H3,(H,14,16,20). The zero-order valence-corrected chi connectivity index (χ0v) is 11.3. The van der Waals surface area contributed by atoms with E-state index in [-0.39, 0.29) is 11.9 Å². The van der Waals surface area contributed by atoms with Gasteiger partial charge in [0.2, 0.25) is 0 Å². The highest BCUT2D eigenvalue weighted by Gasteiger charge is 2.20. The molecule has 2 aromatic rings. The molecule has 8 heteroatoms. The molecule has 0 aromatic carbocycles. The quantitative estimate of drug-likeness (QED) is 0.834. The minimum atomic E-state index is -0.207. The summed E-state index contributed by atoms with van der Waals surface area (Å²) in [5, 5.41) is 17.4. The van der Waals surface area contributed by atoms with Gasteiger partial charge in [-0.05, 0) is 43.3 Å². The number of nitrogens with one attached hydrogen (secondary N) is 2. The molecule has 3 heterocycles. The molecule has 0 unspecified atom stereocenters. The normalized spacial score (nSPS) is 16.2. The molecule has 3 rings (SSSR count). The largest absolute Gasteiger partial charge is 0.340 e. The molecule has 0 saturated carbocycles. The Morgan fingerprint density at radius 1 is 1.45 bits per heavy atom. The highest BCUT2D eigenvalue weighted by Crippen LogP contribution is 2.21. The molecular weight excluding hydrogens is 258 g/mol. The number of hydrogen-bond donors (Lipinski definition) is 2. The molecule has 8 nitrogen and oxygen atoms in total. The maximum atomic E-state index is 12.3. The predicted molar refractivity (Wildman–Crippen MR) is 72.3 cm³/mol. The lowest BCUT2D eigenvalue weighted by atomic mass is 10.1. The third-order valence-corrected chi connectivity index (χ3v) is 3.45. The number of carbonyl (C=O) groups is 1. The Bertz CT molecular complexity index is 596. The maximum absolute atomic E-state index is 12.3. The fourth-order valence-electron chi connectivity index (χ4n) is 2.49. The summed E-state index contributed by atoms with van der Waals surface area (Å²) in [5.41, 5.74) is 0.629. The smallest absolute Gasteiger partial charge is 0.274 e. The van der Waals surface area contributed by atoms with Crippen LogP contribution in [0.25, 0.3) is 0 Å². The Morgan fingerprint density at radius 2 is 2.25 bits per heavy atom. The third-order valence-electron chi connectivity index (χ3n) is 3.45. The minimum Gasteiger partial charge on any atom is -0.340 e. The first-order valence-electron chi connectivity index (χ1n) is 6.67. The number of hydrogen-bond acceptors (Lipinski definition) is 5. The van der Waals surface area contributed by atoms with Crippen LogP contribution in [0.2, 0.25) is 0 Å². The second-order valence-corrected chi connectivity index (χ2v) is 4.84. The molecule has 2 aromatic heterocycles. The van der Waals surface area contributed by atoms with Crippen LogP contribution in [0.4, 0.5) is 5.95 Å². The maximum Gasteiger partial charge on any atom is 0.274 e. The van der Waals surface area contributed by atoms with Gasteiger partial charge >= 0.3 is 0 Å². The van der Waals surface area contributed by atoms with Crippen molar-refractivity contribution >= 4 is 11.9 Å². The Balaban J connectivity index is 1.76. The molecule has 0 bridgehead atoms. The number of aromatic nitrogens is 5. The topological polar surface area (TPSA) is 89.7 Å². The molecule has 1 saturated heterocycles. The number of aryl methyl sites for hydroxylation is 1. The number of tetrazole rings is 1. The first-order chi connectivity index (χ1) is 9.74. The van der Waals surface area contributed by atoms with Crippen LogP contribution in [0, 0.1) is 0 Å². The molecule has 1 aliphatic heterocycles. The summed E-state index contributed by atoms with van der Waals surface area (Å²) in [6.07, 6.45) is 4.01. The summed E-state index contributed by atoms with van der Waals surface area (Å²) in [4.78, 5) is 13.6. The van der Waals surface area contributed by atoms with E-state index in [9.17, 15) is 4.79 Å². The molecule has 2 N–H and O–H groups in total. The Labute approximate surface area is 116 Å². The van der Waals surface area contributed by atoms with E-state index in [1.54, 1.807) is 7.05 Å². The number of anilines is 1. The minimum absolute atomic E-state index is 0.207. The second-order valence-electron chi connectivity index (χ2n) is 4.84. The van der Waals surface area contributed by atoms with Crippen molar-refractivity contribution in [1.82, 2.24) is 30.1 Å². The first kappa shape index (κ1) is 12.8. The zero-order chi connectivity index (χ0) is 13.9. The van der Waals surface area contributed by atoms with Crippen molar-refractivity contribution in [2.24, 2.45) is 7.05 Å². The first-order valence-corrected chi connectivity index (χ1v) is 6.67. The lowest BCUT2D eigenvalue weighted by molar-refractivity contribution is 0.101. The van der Waals surface area contributed by atoms with Gasteiger partial charge in [-0.15, -0.1) is 5.10 Å². The van der Waals surface area contributed by atoms with Crippen LogP contribution in [0.1, 0.15) is 29.4 Å². The Kier molecular flexibility index (Phi) is 3.46. The third kappa shape index (κ3) is 2.55. The molecular formula is C12H17N7O. The number of amides is 1. The zero-order valence-electron chi connectivity index (χ0n) is 11.3. The molecule has 1 aliphatic rings. The SMILES string of the molecule is Cn1nnc(NC(=O)c2cccn2C2CCNCC2)n1. The van der Waals surface area contributed by atoms with Crippen molar-refractivity contribution in [3.63, 3.8) is 0 Å². The monoisotopic (exact) mass is 275 g/mol. The van der Waals surface area contributed by atoms with Crippen LogP contribution < -0.4 is 10.6 Å². The van der Waals surface area contributed by atoms with Crippen LogP contribution in [-0.4, -0.2) is 43.8 Å². The molecule has 0 spiro atoms. The summed E-state index contributed by atoms with van der Waals surface area (Å²) in [6.45, 7) is 1.96. The fourth-order valence-corrected chi connectivity index (χ4v) is 2.49. The van der Waals surface area contributed by atoms with Gasteiger partial charge < -0.3 is 9.88 Å². The molecule has 106 valence electrons. The van der Waals surface area contributed by atoms with E-state index >= 15 is 0 Å². The number of carbonyl (C=O) groups excluding carboxylic acids is 1. The van der Waals surface area contributed by atoms with Crippen LogP contribution in [0.5, 0.6) is 0 Å². The van der Waals surface area contributed by atoms with Gasteiger partial charge in [0.15, 0.2) is 0 Å². The van der Waals surface area contributed by atoms with Crippen molar-refractivity contribution < 1.29 is 4.79 Å². The van der Waals surface area contributed by atoms with Gasteiger partial charge in [0.1, 0.15) is 5.69 Å². The van der Waals surface area contributed by atoms with Gasteiger partial charge in [0.25, 0.3) is 11.9 Å². The van der Waals surface area contributed by atoms with E-state index in [1.165, 1.54) is 4.80 Å². The second kappa shape index (κ2) is 5.41. The summed E-state index contributed by atoms with van der Waals surface area (Å²) < 4.78 is 2.03. The lowest BCUT2D eigenvalue weighted by Gasteiger charge is -2.25. The van der Waals surface area contributed by atoms with Gasteiger partial charge in [0, 0.05) is 12.2 Å². The van der Waals surface area contributed by atoms with Crippen molar-refractivity contribution in [2.75, 3.05) is 18.4 Å². The predicted octanol–water partition coefficient (Wildman–Crippen LogP) is 0.188. The van der Waals surface area contributed by atoms with Crippen molar-refractivity contribution in [2.45, 2.75) is 18.9 Å². The van der Waals surface area contributed by atoms with Crippen LogP contribution in [-0.2, 0) is 7.05 Å². The molecule has 20 heavy (non-hydrogen) atoms. The highest BCUT2D eigenvalue weighted by molar-refractivity contribution is 6.02. The summed E-state index contributed by atoms with van der Waals surface area (Å²) in [5.74, 6) is 0.0112. The molecule has 0 radical (unpaired) electrons. The molecule has 0 atom stereocenters. The van der Waals surface area contributed by atoms with Gasteiger partial charge in [-0.25, -0.2) is 0 Å². The van der Waals surface area contributed by atoms with E-state index in [2.05, 4.69) is 26.0 Å². The van der Waals surface area contributed by atoms with E-state index in [1.807, 2.05) is 22.9 Å². The average molecular weight is 275 g/mol. The van der Waals surface area contributed by atoms with E-state index in [0.717, 1.165) is 25.9 Å². The number of rotatable bonds is 3. The van der Waals surface area contributed by atoms with Crippen molar-refractivity contribution in [1.29, 1.82) is 0 Å². The van der Waals surface area contributed by atoms with Gasteiger partial charge in [-0.3, -0.25) is 10.1 Å². The van der Waals surface area contributed by atoms with Crippen LogP contribution in [0.3, 0.4) is 0 Å². The summed E-state index contributed by atoms with van der Waals surface area (Å²) in [7, 11) is 1.65. The fraction of sp³-hybridized carbons (Fsp3) is 0.500. The van der Waals surface area contributed by atoms with E-state index in [0.29, 0.717) is 11.7 Å². The average Bonchev–Trinajstić information content (AvgIpc) is 3.09.